The predicted molar refractivity (Wildman–Crippen MR) is 128 cm³/mol. The third-order valence-electron chi connectivity index (χ3n) is 6.19. The molecule has 7 heteroatoms. The second-order valence-corrected chi connectivity index (χ2v) is 8.79. The van der Waals surface area contributed by atoms with Gasteiger partial charge >= 0.3 is 0 Å². The van der Waals surface area contributed by atoms with Crippen molar-refractivity contribution < 1.29 is 14.3 Å². The van der Waals surface area contributed by atoms with Crippen molar-refractivity contribution in [3.05, 3.63) is 35.9 Å². The summed E-state index contributed by atoms with van der Waals surface area (Å²) in [5, 5.41) is 6.53. The molecule has 2 fully saturated rings. The number of carbonyl (C=O) groups excluding carboxylic acids is 1. The highest BCUT2D eigenvalue weighted by Crippen LogP contribution is 2.21. The highest BCUT2D eigenvalue weighted by atomic mass is 16.5. The van der Waals surface area contributed by atoms with Crippen molar-refractivity contribution in [2.24, 2.45) is 16.8 Å². The van der Waals surface area contributed by atoms with E-state index in [0.29, 0.717) is 17.8 Å². The van der Waals surface area contributed by atoms with Crippen LogP contribution in [-0.4, -0.2) is 75.9 Å². The molecule has 32 heavy (non-hydrogen) atoms. The summed E-state index contributed by atoms with van der Waals surface area (Å²) in [4.78, 5) is 19.1. The molecule has 7 nitrogen and oxygen atoms in total. The zero-order chi connectivity index (χ0) is 22.4. The van der Waals surface area contributed by atoms with E-state index in [-0.39, 0.29) is 12.5 Å². The van der Waals surface area contributed by atoms with Crippen LogP contribution >= 0.6 is 0 Å². The molecule has 0 bridgehead atoms. The topological polar surface area (TPSA) is 75.2 Å². The second kappa shape index (κ2) is 14.1. The summed E-state index contributed by atoms with van der Waals surface area (Å²) in [7, 11) is 0. The van der Waals surface area contributed by atoms with Crippen LogP contribution in [0.1, 0.15) is 38.2 Å². The van der Waals surface area contributed by atoms with Gasteiger partial charge in [-0.25, -0.2) is 4.99 Å². The van der Waals surface area contributed by atoms with E-state index >= 15 is 0 Å². The highest BCUT2D eigenvalue weighted by molar-refractivity contribution is 5.85. The fourth-order valence-electron chi connectivity index (χ4n) is 4.27. The van der Waals surface area contributed by atoms with Gasteiger partial charge in [-0.1, -0.05) is 30.3 Å². The number of carbonyl (C=O) groups is 1. The van der Waals surface area contributed by atoms with Crippen molar-refractivity contribution in [3.63, 3.8) is 0 Å². The lowest BCUT2D eigenvalue weighted by atomic mass is 9.90. The van der Waals surface area contributed by atoms with Gasteiger partial charge in [-0.3, -0.25) is 4.79 Å². The highest BCUT2D eigenvalue weighted by Gasteiger charge is 2.22. The number of nitrogens with one attached hydrogen (secondary N) is 2. The second-order valence-electron chi connectivity index (χ2n) is 8.79. The Bertz CT molecular complexity index is 684. The first-order valence-corrected chi connectivity index (χ1v) is 12.2. The molecule has 1 amide bonds. The van der Waals surface area contributed by atoms with Gasteiger partial charge in [0, 0.05) is 45.3 Å². The van der Waals surface area contributed by atoms with Gasteiger partial charge in [0.25, 0.3) is 0 Å². The van der Waals surface area contributed by atoms with Crippen LogP contribution in [0.2, 0.25) is 0 Å². The molecule has 1 unspecified atom stereocenters. The molecular weight excluding hydrogens is 404 g/mol. The minimum Gasteiger partial charge on any atom is -0.381 e. The van der Waals surface area contributed by atoms with Crippen LogP contribution in [0.3, 0.4) is 0 Å². The number of nitrogens with zero attached hydrogens (tertiary/aromatic N) is 2. The molecule has 2 aliphatic rings. The third-order valence-corrected chi connectivity index (χ3v) is 6.19. The van der Waals surface area contributed by atoms with Crippen LogP contribution in [0.25, 0.3) is 0 Å². The Morgan fingerprint density at radius 1 is 1.16 bits per heavy atom. The number of hydrogen-bond acceptors (Lipinski definition) is 4. The Labute approximate surface area is 192 Å². The van der Waals surface area contributed by atoms with Crippen LogP contribution in [-0.2, 0) is 20.7 Å². The fraction of sp³-hybridized carbons (Fsp3) is 0.680. The van der Waals surface area contributed by atoms with Crippen molar-refractivity contribution in [3.8, 4) is 0 Å². The predicted octanol–water partition coefficient (Wildman–Crippen LogP) is 2.47. The molecule has 2 heterocycles. The van der Waals surface area contributed by atoms with Gasteiger partial charge in [0.05, 0.1) is 13.2 Å². The molecule has 1 aromatic rings. The summed E-state index contributed by atoms with van der Waals surface area (Å²) in [6.07, 6.45) is 5.24. The smallest absolute Gasteiger partial charge is 0.244 e. The van der Waals surface area contributed by atoms with Crippen LogP contribution in [0.5, 0.6) is 0 Å². The number of rotatable bonds is 11. The molecule has 2 N–H and O–H groups in total. The van der Waals surface area contributed by atoms with Crippen molar-refractivity contribution in [2.75, 3.05) is 59.2 Å². The van der Waals surface area contributed by atoms with Gasteiger partial charge in [-0.2, -0.15) is 0 Å². The van der Waals surface area contributed by atoms with Crippen LogP contribution in [0, 0.1) is 11.8 Å². The molecule has 178 valence electrons. The van der Waals surface area contributed by atoms with Crippen molar-refractivity contribution in [1.82, 2.24) is 15.5 Å². The minimum absolute atomic E-state index is 0.113. The lowest BCUT2D eigenvalue weighted by Gasteiger charge is -2.32. The molecule has 0 radical (unpaired) electrons. The van der Waals surface area contributed by atoms with E-state index in [4.69, 9.17) is 9.47 Å². The molecular formula is C25H40N4O3. The monoisotopic (exact) mass is 444 g/mol. The quantitative estimate of drug-likeness (QED) is 0.312. The number of hydrogen-bond donors (Lipinski definition) is 2. The normalized spacial score (nSPS) is 19.8. The third kappa shape index (κ3) is 8.79. The van der Waals surface area contributed by atoms with Crippen molar-refractivity contribution in [1.29, 1.82) is 0 Å². The summed E-state index contributed by atoms with van der Waals surface area (Å²) >= 11 is 0. The van der Waals surface area contributed by atoms with Crippen LogP contribution in [0.4, 0.5) is 0 Å². The number of likely N-dealkylation sites (tertiary alicyclic amines) is 1. The van der Waals surface area contributed by atoms with Gasteiger partial charge in [0.2, 0.25) is 5.91 Å². The summed E-state index contributed by atoms with van der Waals surface area (Å²) < 4.78 is 11.1. The van der Waals surface area contributed by atoms with E-state index in [2.05, 4.69) is 46.0 Å². The Kier molecular flexibility index (Phi) is 10.8. The van der Waals surface area contributed by atoms with Crippen LogP contribution in [0.15, 0.2) is 35.3 Å². The maximum atomic E-state index is 12.6. The van der Waals surface area contributed by atoms with Crippen molar-refractivity contribution in [2.45, 2.75) is 39.0 Å². The number of piperidine rings is 1. The molecule has 3 rings (SSSR count). The van der Waals surface area contributed by atoms with Crippen molar-refractivity contribution >= 4 is 11.9 Å². The summed E-state index contributed by atoms with van der Waals surface area (Å²) in [6, 6.07) is 10.6. The molecule has 1 atom stereocenters. The van der Waals surface area contributed by atoms with Gasteiger partial charge < -0.3 is 25.0 Å². The lowest BCUT2D eigenvalue weighted by molar-refractivity contribution is -0.130. The van der Waals surface area contributed by atoms with E-state index < -0.39 is 0 Å². The fourth-order valence-corrected chi connectivity index (χ4v) is 4.27. The first-order valence-electron chi connectivity index (χ1n) is 12.2. The van der Waals surface area contributed by atoms with Gasteiger partial charge in [0.15, 0.2) is 5.96 Å². The Balaban J connectivity index is 1.31. The maximum Gasteiger partial charge on any atom is 0.244 e. The van der Waals surface area contributed by atoms with Gasteiger partial charge in [-0.15, -0.1) is 0 Å². The molecule has 2 saturated heterocycles. The molecule has 2 aliphatic heterocycles. The zero-order valence-corrected chi connectivity index (χ0v) is 19.6. The van der Waals surface area contributed by atoms with E-state index in [9.17, 15) is 4.79 Å². The van der Waals surface area contributed by atoms with Gasteiger partial charge in [-0.05, 0) is 50.5 Å². The molecule has 0 spiro atoms. The Morgan fingerprint density at radius 2 is 1.97 bits per heavy atom. The van der Waals surface area contributed by atoms with E-state index in [1.54, 1.807) is 0 Å². The van der Waals surface area contributed by atoms with E-state index in [1.165, 1.54) is 5.56 Å². The molecule has 0 aliphatic carbocycles. The lowest BCUT2D eigenvalue weighted by Crippen LogP contribution is -2.42. The summed E-state index contributed by atoms with van der Waals surface area (Å²) in [5.41, 5.74) is 1.39. The molecule has 0 saturated carbocycles. The summed E-state index contributed by atoms with van der Waals surface area (Å²) in [6.45, 7) is 8.62. The first-order chi connectivity index (χ1) is 15.7. The van der Waals surface area contributed by atoms with Crippen LogP contribution < -0.4 is 10.6 Å². The number of benzene rings is 1. The zero-order valence-electron chi connectivity index (χ0n) is 19.6. The Morgan fingerprint density at radius 3 is 2.69 bits per heavy atom. The SMILES string of the molecule is CCNC(=NCC(=O)N1CCC(Cc2ccccc2)CC1)NCCCOCC1CCOC1. The maximum absolute atomic E-state index is 12.6. The minimum atomic E-state index is 0.113. The number of guanidine groups is 1. The standard InChI is InChI=1S/C25H40N4O3/c1-2-26-25(27-12-6-15-31-19-23-11-16-32-20-23)28-18-24(30)29-13-9-22(10-14-29)17-21-7-4-3-5-8-21/h3-5,7-8,22-23H,2,6,9-20H2,1H3,(H2,26,27,28). The first kappa shape index (κ1) is 24.5. The number of ether oxygens (including phenoxy) is 2. The van der Waals surface area contributed by atoms with E-state index in [1.807, 2.05) is 11.8 Å². The number of amides is 1. The largest absolute Gasteiger partial charge is 0.381 e. The molecule has 1 aromatic carbocycles. The van der Waals surface area contributed by atoms with E-state index in [0.717, 1.165) is 84.7 Å². The van der Waals surface area contributed by atoms with Gasteiger partial charge in [0.1, 0.15) is 6.54 Å². The molecule has 0 aromatic heterocycles. The Hall–Kier alpha value is -2.12. The number of aliphatic imine (C=N–C) groups is 1. The average molecular weight is 445 g/mol. The summed E-state index contributed by atoms with van der Waals surface area (Å²) in [5.74, 6) is 2.02. The average Bonchev–Trinajstić information content (AvgIpc) is 3.34.